The normalized spacial score (nSPS) is 23.2. The fourth-order valence-electron chi connectivity index (χ4n) is 2.28. The topological polar surface area (TPSA) is 15.3 Å². The number of nitrogens with zero attached hydrogens (tertiary/aromatic N) is 1. The van der Waals surface area contributed by atoms with Crippen LogP contribution in [0.4, 0.5) is 18.9 Å². The highest BCUT2D eigenvalue weighted by Gasteiger charge is 2.33. The molecular formula is C13H17F3N2. The summed E-state index contributed by atoms with van der Waals surface area (Å²) in [4.78, 5) is 1.65. The molecule has 1 aliphatic rings. The molecule has 0 saturated carbocycles. The molecule has 1 unspecified atom stereocenters. The lowest BCUT2D eigenvalue weighted by Gasteiger charge is -2.44. The molecule has 100 valence electrons. The Balaban J connectivity index is 2.41. The summed E-state index contributed by atoms with van der Waals surface area (Å²) in [5.41, 5.74) is -0.377. The summed E-state index contributed by atoms with van der Waals surface area (Å²) in [5, 5.41) is 3.30. The van der Waals surface area contributed by atoms with Gasteiger partial charge in [0, 0.05) is 36.8 Å². The molecule has 1 aromatic rings. The molecule has 1 aromatic carbocycles. The van der Waals surface area contributed by atoms with Gasteiger partial charge in [-0.3, -0.25) is 0 Å². The smallest absolute Gasteiger partial charge is 0.152 e. The van der Waals surface area contributed by atoms with E-state index in [4.69, 9.17) is 0 Å². The number of benzene rings is 1. The van der Waals surface area contributed by atoms with Crippen molar-refractivity contribution in [3.8, 4) is 0 Å². The number of hydrogen-bond acceptors (Lipinski definition) is 2. The Bertz CT molecular complexity index is 437. The summed E-state index contributed by atoms with van der Waals surface area (Å²) in [7, 11) is 0. The van der Waals surface area contributed by atoms with Crippen LogP contribution in [0.1, 0.15) is 20.8 Å². The van der Waals surface area contributed by atoms with Crippen molar-refractivity contribution in [3.05, 3.63) is 29.6 Å². The summed E-state index contributed by atoms with van der Waals surface area (Å²) >= 11 is 0. The van der Waals surface area contributed by atoms with Gasteiger partial charge in [0.2, 0.25) is 0 Å². The molecule has 2 rings (SSSR count). The molecule has 18 heavy (non-hydrogen) atoms. The maximum absolute atomic E-state index is 13.8. The maximum atomic E-state index is 13.8. The molecule has 0 aromatic heterocycles. The first-order valence-electron chi connectivity index (χ1n) is 5.96. The molecule has 0 spiro atoms. The molecular weight excluding hydrogens is 241 g/mol. The van der Waals surface area contributed by atoms with Crippen LogP contribution in [0.15, 0.2) is 12.1 Å². The van der Waals surface area contributed by atoms with Crippen molar-refractivity contribution >= 4 is 5.69 Å². The van der Waals surface area contributed by atoms with Crippen molar-refractivity contribution in [2.24, 2.45) is 0 Å². The Morgan fingerprint density at radius 3 is 2.33 bits per heavy atom. The van der Waals surface area contributed by atoms with Gasteiger partial charge in [-0.15, -0.1) is 0 Å². The predicted octanol–water partition coefficient (Wildman–Crippen LogP) is 2.68. The van der Waals surface area contributed by atoms with E-state index >= 15 is 0 Å². The van der Waals surface area contributed by atoms with Gasteiger partial charge in [-0.1, -0.05) is 0 Å². The second kappa shape index (κ2) is 4.46. The highest BCUT2D eigenvalue weighted by molar-refractivity contribution is 5.51. The average Bonchev–Trinajstić information content (AvgIpc) is 2.21. The van der Waals surface area contributed by atoms with Crippen LogP contribution in [0.5, 0.6) is 0 Å². The summed E-state index contributed by atoms with van der Waals surface area (Å²) in [6.45, 7) is 6.90. The van der Waals surface area contributed by atoms with E-state index in [1.165, 1.54) is 0 Å². The average molecular weight is 258 g/mol. The molecule has 1 fully saturated rings. The molecule has 1 aliphatic heterocycles. The predicted molar refractivity (Wildman–Crippen MR) is 65.2 cm³/mol. The summed E-state index contributed by atoms with van der Waals surface area (Å²) in [6, 6.07) is 1.40. The van der Waals surface area contributed by atoms with Crippen LogP contribution in [0.3, 0.4) is 0 Å². The lowest BCUT2D eigenvalue weighted by Crippen LogP contribution is -2.61. The second-order valence-electron chi connectivity index (χ2n) is 5.46. The quantitative estimate of drug-likeness (QED) is 0.833. The van der Waals surface area contributed by atoms with Crippen LogP contribution in [0.2, 0.25) is 0 Å². The zero-order valence-corrected chi connectivity index (χ0v) is 10.7. The number of piperazine rings is 1. The van der Waals surface area contributed by atoms with Crippen LogP contribution in [0.25, 0.3) is 0 Å². The Kier molecular flexibility index (Phi) is 3.27. The third kappa shape index (κ3) is 2.46. The highest BCUT2D eigenvalue weighted by Crippen LogP contribution is 2.29. The van der Waals surface area contributed by atoms with Crippen LogP contribution in [-0.2, 0) is 0 Å². The van der Waals surface area contributed by atoms with Gasteiger partial charge in [0.25, 0.3) is 0 Å². The number of nitrogens with one attached hydrogen (secondary N) is 1. The van der Waals surface area contributed by atoms with E-state index in [0.29, 0.717) is 13.1 Å². The molecule has 1 atom stereocenters. The van der Waals surface area contributed by atoms with Gasteiger partial charge in [-0.25, -0.2) is 13.2 Å². The second-order valence-corrected chi connectivity index (χ2v) is 5.46. The minimum atomic E-state index is -0.893. The number of rotatable bonds is 1. The van der Waals surface area contributed by atoms with Gasteiger partial charge < -0.3 is 10.2 Å². The molecule has 1 N–H and O–H groups in total. The first-order valence-corrected chi connectivity index (χ1v) is 5.96. The molecule has 1 heterocycles. The van der Waals surface area contributed by atoms with E-state index in [1.54, 1.807) is 4.90 Å². The Hall–Kier alpha value is -1.23. The number of hydrogen-bond donors (Lipinski definition) is 1. The summed E-state index contributed by atoms with van der Waals surface area (Å²) < 4.78 is 40.5. The fourth-order valence-corrected chi connectivity index (χ4v) is 2.28. The van der Waals surface area contributed by atoms with Gasteiger partial charge >= 0.3 is 0 Å². The zero-order chi connectivity index (χ0) is 13.5. The molecule has 0 radical (unpaired) electrons. The van der Waals surface area contributed by atoms with Gasteiger partial charge in [0.15, 0.2) is 11.6 Å². The molecule has 0 amide bonds. The van der Waals surface area contributed by atoms with E-state index < -0.39 is 17.5 Å². The SMILES string of the molecule is CC1CNC(C)(C)CN1c1c(F)cc(F)cc1F. The van der Waals surface area contributed by atoms with Gasteiger partial charge in [0.1, 0.15) is 11.5 Å². The zero-order valence-electron chi connectivity index (χ0n) is 10.7. The third-order valence-electron chi connectivity index (χ3n) is 3.24. The molecule has 2 nitrogen and oxygen atoms in total. The van der Waals surface area contributed by atoms with Crippen molar-refractivity contribution in [1.82, 2.24) is 5.32 Å². The van der Waals surface area contributed by atoms with Gasteiger partial charge in [-0.05, 0) is 20.8 Å². The first-order chi connectivity index (χ1) is 8.30. The Morgan fingerprint density at radius 1 is 1.22 bits per heavy atom. The lowest BCUT2D eigenvalue weighted by molar-refractivity contribution is 0.314. The fraction of sp³-hybridized carbons (Fsp3) is 0.538. The van der Waals surface area contributed by atoms with E-state index in [-0.39, 0.29) is 17.3 Å². The van der Waals surface area contributed by atoms with Crippen LogP contribution in [0, 0.1) is 17.5 Å². The van der Waals surface area contributed by atoms with Crippen molar-refractivity contribution < 1.29 is 13.2 Å². The monoisotopic (exact) mass is 258 g/mol. The standard InChI is InChI=1S/C13H17F3N2/c1-8-6-17-13(2,3)7-18(8)12-10(15)4-9(14)5-11(12)16/h4-5,8,17H,6-7H2,1-3H3. The van der Waals surface area contributed by atoms with E-state index in [9.17, 15) is 13.2 Å². The minimum absolute atomic E-state index is 0.0486. The minimum Gasteiger partial charge on any atom is -0.361 e. The van der Waals surface area contributed by atoms with Crippen molar-refractivity contribution in [3.63, 3.8) is 0 Å². The molecule has 0 aliphatic carbocycles. The van der Waals surface area contributed by atoms with Crippen LogP contribution >= 0.6 is 0 Å². The molecule has 0 bridgehead atoms. The number of anilines is 1. The van der Waals surface area contributed by atoms with Crippen LogP contribution < -0.4 is 10.2 Å². The van der Waals surface area contributed by atoms with Gasteiger partial charge in [-0.2, -0.15) is 0 Å². The van der Waals surface area contributed by atoms with Crippen molar-refractivity contribution in [2.75, 3.05) is 18.0 Å². The summed E-state index contributed by atoms with van der Waals surface area (Å²) in [6.07, 6.45) is 0. The maximum Gasteiger partial charge on any atom is 0.152 e. The van der Waals surface area contributed by atoms with E-state index in [0.717, 1.165) is 12.1 Å². The van der Waals surface area contributed by atoms with Crippen molar-refractivity contribution in [1.29, 1.82) is 0 Å². The Labute approximate surface area is 105 Å². The van der Waals surface area contributed by atoms with Crippen molar-refractivity contribution in [2.45, 2.75) is 32.4 Å². The first kappa shape index (κ1) is 13.2. The third-order valence-corrected chi connectivity index (χ3v) is 3.24. The molecule has 5 heteroatoms. The van der Waals surface area contributed by atoms with E-state index in [2.05, 4.69) is 5.32 Å². The van der Waals surface area contributed by atoms with Crippen LogP contribution in [-0.4, -0.2) is 24.7 Å². The largest absolute Gasteiger partial charge is 0.361 e. The van der Waals surface area contributed by atoms with Gasteiger partial charge in [0.05, 0.1) is 0 Å². The molecule has 1 saturated heterocycles. The number of halogens is 3. The summed E-state index contributed by atoms with van der Waals surface area (Å²) in [5.74, 6) is -2.59. The Morgan fingerprint density at radius 2 is 1.78 bits per heavy atom. The highest BCUT2D eigenvalue weighted by atomic mass is 19.1. The van der Waals surface area contributed by atoms with E-state index in [1.807, 2.05) is 20.8 Å². The lowest BCUT2D eigenvalue weighted by atomic mass is 9.98.